The molecular formula is C10H18N2O2. The Kier molecular flexibility index (Phi) is 3.03. The molecule has 2 saturated heterocycles. The Balaban J connectivity index is 1.86. The maximum Gasteiger partial charge on any atom is 0.309 e. The van der Waals surface area contributed by atoms with Crippen LogP contribution in [0.2, 0.25) is 0 Å². The molecule has 4 nitrogen and oxygen atoms in total. The lowest BCUT2D eigenvalue weighted by molar-refractivity contribution is -0.147. The summed E-state index contributed by atoms with van der Waals surface area (Å²) in [5.41, 5.74) is 0. The molecule has 0 unspecified atom stereocenters. The first kappa shape index (κ1) is 9.93. The van der Waals surface area contributed by atoms with Crippen molar-refractivity contribution in [3.8, 4) is 0 Å². The monoisotopic (exact) mass is 198 g/mol. The normalized spacial score (nSPS) is 29.6. The number of nitrogens with zero attached hydrogens (tertiary/aromatic N) is 1. The van der Waals surface area contributed by atoms with Crippen LogP contribution in [-0.2, 0) is 9.53 Å². The summed E-state index contributed by atoms with van der Waals surface area (Å²) in [5.74, 6) is 0.0660. The number of ether oxygens (including phenoxy) is 1. The first-order chi connectivity index (χ1) is 6.81. The van der Waals surface area contributed by atoms with Crippen LogP contribution in [0, 0.1) is 5.92 Å². The van der Waals surface area contributed by atoms with Crippen molar-refractivity contribution in [1.82, 2.24) is 10.2 Å². The van der Waals surface area contributed by atoms with Gasteiger partial charge in [0.1, 0.15) is 0 Å². The van der Waals surface area contributed by atoms with Crippen molar-refractivity contribution in [2.75, 3.05) is 33.3 Å². The van der Waals surface area contributed by atoms with Gasteiger partial charge in [-0.05, 0) is 19.4 Å². The summed E-state index contributed by atoms with van der Waals surface area (Å²) in [7, 11) is 1.48. The van der Waals surface area contributed by atoms with Gasteiger partial charge in [0.05, 0.1) is 13.0 Å². The van der Waals surface area contributed by atoms with Gasteiger partial charge in [0.25, 0.3) is 0 Å². The number of likely N-dealkylation sites (tertiary alicyclic amines) is 1. The third-order valence-corrected chi connectivity index (χ3v) is 3.26. The highest BCUT2D eigenvalue weighted by Gasteiger charge is 2.32. The topological polar surface area (TPSA) is 41.6 Å². The molecule has 0 radical (unpaired) electrons. The highest BCUT2D eigenvalue weighted by atomic mass is 16.5. The molecule has 1 N–H and O–H groups in total. The van der Waals surface area contributed by atoms with Crippen molar-refractivity contribution in [3.63, 3.8) is 0 Å². The number of nitrogens with one attached hydrogen (secondary N) is 1. The van der Waals surface area contributed by atoms with E-state index in [9.17, 15) is 4.79 Å². The Morgan fingerprint density at radius 1 is 1.50 bits per heavy atom. The SMILES string of the molecule is COC(=O)[C@H]1CCCN(C2CNC2)C1. The van der Waals surface area contributed by atoms with E-state index in [0.29, 0.717) is 6.04 Å². The van der Waals surface area contributed by atoms with E-state index >= 15 is 0 Å². The van der Waals surface area contributed by atoms with E-state index in [4.69, 9.17) is 4.74 Å². The Morgan fingerprint density at radius 2 is 2.29 bits per heavy atom. The zero-order chi connectivity index (χ0) is 9.97. The molecule has 0 spiro atoms. The zero-order valence-corrected chi connectivity index (χ0v) is 8.66. The second kappa shape index (κ2) is 4.28. The molecule has 1 atom stereocenters. The van der Waals surface area contributed by atoms with E-state index in [2.05, 4.69) is 10.2 Å². The summed E-state index contributed by atoms with van der Waals surface area (Å²) >= 11 is 0. The number of carbonyl (C=O) groups is 1. The molecule has 0 bridgehead atoms. The molecule has 14 heavy (non-hydrogen) atoms. The second-order valence-corrected chi connectivity index (χ2v) is 4.17. The Labute approximate surface area is 84.6 Å². The average molecular weight is 198 g/mol. The van der Waals surface area contributed by atoms with Gasteiger partial charge in [0.2, 0.25) is 0 Å². The van der Waals surface area contributed by atoms with Crippen molar-refractivity contribution in [1.29, 1.82) is 0 Å². The molecule has 0 amide bonds. The third kappa shape index (κ3) is 1.91. The van der Waals surface area contributed by atoms with E-state index in [-0.39, 0.29) is 11.9 Å². The highest BCUT2D eigenvalue weighted by molar-refractivity contribution is 5.72. The van der Waals surface area contributed by atoms with Gasteiger partial charge in [0.15, 0.2) is 0 Å². The van der Waals surface area contributed by atoms with Crippen LogP contribution in [0.15, 0.2) is 0 Å². The van der Waals surface area contributed by atoms with Crippen LogP contribution >= 0.6 is 0 Å². The zero-order valence-electron chi connectivity index (χ0n) is 8.66. The summed E-state index contributed by atoms with van der Waals surface area (Å²) in [4.78, 5) is 13.8. The molecule has 0 aromatic rings. The minimum absolute atomic E-state index is 0.0398. The molecule has 0 aliphatic carbocycles. The smallest absolute Gasteiger partial charge is 0.309 e. The maximum atomic E-state index is 11.4. The van der Waals surface area contributed by atoms with Crippen LogP contribution in [0.5, 0.6) is 0 Å². The van der Waals surface area contributed by atoms with Crippen LogP contribution in [0.25, 0.3) is 0 Å². The summed E-state index contributed by atoms with van der Waals surface area (Å²) in [6.07, 6.45) is 2.11. The fourth-order valence-corrected chi connectivity index (χ4v) is 2.23. The summed E-state index contributed by atoms with van der Waals surface area (Å²) in [6.45, 7) is 4.18. The molecule has 0 aromatic carbocycles. The van der Waals surface area contributed by atoms with E-state index in [1.54, 1.807) is 0 Å². The Hall–Kier alpha value is -0.610. The van der Waals surface area contributed by atoms with Crippen molar-refractivity contribution in [2.45, 2.75) is 18.9 Å². The molecule has 0 aromatic heterocycles. The lowest BCUT2D eigenvalue weighted by Crippen LogP contribution is -2.59. The quantitative estimate of drug-likeness (QED) is 0.626. The van der Waals surface area contributed by atoms with Crippen molar-refractivity contribution >= 4 is 5.97 Å². The number of hydrogen-bond donors (Lipinski definition) is 1. The molecule has 4 heteroatoms. The van der Waals surface area contributed by atoms with Gasteiger partial charge >= 0.3 is 5.97 Å². The van der Waals surface area contributed by atoms with Crippen LogP contribution in [0.4, 0.5) is 0 Å². The number of methoxy groups -OCH3 is 1. The predicted molar refractivity (Wildman–Crippen MR) is 53.0 cm³/mol. The molecule has 0 saturated carbocycles. The van der Waals surface area contributed by atoms with E-state index in [1.807, 2.05) is 0 Å². The Bertz CT molecular complexity index is 216. The fourth-order valence-electron chi connectivity index (χ4n) is 2.23. The summed E-state index contributed by atoms with van der Waals surface area (Å²) in [5, 5.41) is 3.26. The number of piperidine rings is 1. The molecular weight excluding hydrogens is 180 g/mol. The highest BCUT2D eigenvalue weighted by Crippen LogP contribution is 2.20. The maximum absolute atomic E-state index is 11.4. The van der Waals surface area contributed by atoms with E-state index < -0.39 is 0 Å². The fraction of sp³-hybridized carbons (Fsp3) is 0.900. The first-order valence-corrected chi connectivity index (χ1v) is 5.34. The molecule has 80 valence electrons. The molecule has 2 aliphatic heterocycles. The van der Waals surface area contributed by atoms with Crippen molar-refractivity contribution in [2.24, 2.45) is 5.92 Å². The van der Waals surface area contributed by atoms with Crippen LogP contribution in [0.1, 0.15) is 12.8 Å². The standard InChI is InChI=1S/C10H18N2O2/c1-14-10(13)8-3-2-4-12(7-8)9-5-11-6-9/h8-9,11H,2-7H2,1H3/t8-/m0/s1. The lowest BCUT2D eigenvalue weighted by Gasteiger charge is -2.42. The van der Waals surface area contributed by atoms with Gasteiger partial charge in [-0.15, -0.1) is 0 Å². The van der Waals surface area contributed by atoms with Crippen LogP contribution in [0.3, 0.4) is 0 Å². The molecule has 2 fully saturated rings. The van der Waals surface area contributed by atoms with Crippen molar-refractivity contribution < 1.29 is 9.53 Å². The number of esters is 1. The number of hydrogen-bond acceptors (Lipinski definition) is 4. The van der Waals surface area contributed by atoms with Crippen LogP contribution in [-0.4, -0.2) is 50.2 Å². The number of carbonyl (C=O) groups excluding carboxylic acids is 1. The lowest BCUT2D eigenvalue weighted by atomic mass is 9.95. The minimum atomic E-state index is -0.0398. The predicted octanol–water partition coefficient (Wildman–Crippen LogP) is -0.157. The van der Waals surface area contributed by atoms with Gasteiger partial charge < -0.3 is 10.1 Å². The minimum Gasteiger partial charge on any atom is -0.469 e. The molecule has 2 heterocycles. The Morgan fingerprint density at radius 3 is 2.86 bits per heavy atom. The van der Waals surface area contributed by atoms with Crippen LogP contribution < -0.4 is 5.32 Å². The molecule has 2 rings (SSSR count). The number of rotatable bonds is 2. The summed E-state index contributed by atoms with van der Waals surface area (Å²) in [6, 6.07) is 0.655. The largest absolute Gasteiger partial charge is 0.469 e. The van der Waals surface area contributed by atoms with Gasteiger partial charge in [-0.1, -0.05) is 0 Å². The first-order valence-electron chi connectivity index (χ1n) is 5.34. The van der Waals surface area contributed by atoms with E-state index in [0.717, 1.165) is 39.0 Å². The van der Waals surface area contributed by atoms with Crippen molar-refractivity contribution in [3.05, 3.63) is 0 Å². The second-order valence-electron chi connectivity index (χ2n) is 4.17. The van der Waals surface area contributed by atoms with Gasteiger partial charge in [-0.3, -0.25) is 9.69 Å². The van der Waals surface area contributed by atoms with Gasteiger partial charge in [-0.25, -0.2) is 0 Å². The van der Waals surface area contributed by atoms with E-state index in [1.165, 1.54) is 7.11 Å². The molecule has 2 aliphatic rings. The average Bonchev–Trinajstić information content (AvgIpc) is 2.14. The third-order valence-electron chi connectivity index (χ3n) is 3.26. The summed E-state index contributed by atoms with van der Waals surface area (Å²) < 4.78 is 4.79. The van der Waals surface area contributed by atoms with Gasteiger partial charge in [0, 0.05) is 25.7 Å². The van der Waals surface area contributed by atoms with Gasteiger partial charge in [-0.2, -0.15) is 0 Å².